The Balaban J connectivity index is 1.59. The third-order valence-corrected chi connectivity index (χ3v) is 8.78. The fourth-order valence-electron chi connectivity index (χ4n) is 5.45. The lowest BCUT2D eigenvalue weighted by Gasteiger charge is -2.25. The number of hydrogen-bond donors (Lipinski definition) is 0. The predicted octanol–water partition coefficient (Wildman–Crippen LogP) is 6.13. The van der Waals surface area contributed by atoms with Crippen molar-refractivity contribution in [3.8, 4) is 23.0 Å². The molecule has 4 aromatic rings. The molecule has 262 valence electrons. The Morgan fingerprint density at radius 2 is 1.86 bits per heavy atom. The number of halogens is 1. The topological polar surface area (TPSA) is 141 Å². The summed E-state index contributed by atoms with van der Waals surface area (Å²) in [5.74, 6) is 0.979. The number of thiazole rings is 1. The number of non-ortho nitro benzene ring substituents is 1. The van der Waals surface area contributed by atoms with E-state index in [1.807, 2.05) is 20.8 Å². The number of benzene rings is 3. The maximum Gasteiger partial charge on any atom is 0.338 e. The van der Waals surface area contributed by atoms with Crippen LogP contribution in [0.15, 0.2) is 75.7 Å². The van der Waals surface area contributed by atoms with Gasteiger partial charge in [0.1, 0.15) is 6.61 Å². The normalized spacial score (nSPS) is 14.2. The van der Waals surface area contributed by atoms with Crippen LogP contribution in [-0.4, -0.2) is 41.9 Å². The summed E-state index contributed by atoms with van der Waals surface area (Å²) in [6.45, 7) is 9.50. The SMILES string of the molecule is CCOC(=O)C1=C(C)N=c2s/c(=C\c3cc(Cl)c(OCc4cccc([N+](=O)[O-])c4)c(OCC)c3)c(=O)n2[C@H]1c1ccc(OC(C)C)c(OC)c1. The largest absolute Gasteiger partial charge is 0.493 e. The van der Waals surface area contributed by atoms with Gasteiger partial charge in [-0.25, -0.2) is 9.79 Å². The molecule has 14 heteroatoms. The number of allylic oxidation sites excluding steroid dienone is 1. The van der Waals surface area contributed by atoms with Crippen molar-refractivity contribution in [3.63, 3.8) is 0 Å². The van der Waals surface area contributed by atoms with Gasteiger partial charge < -0.3 is 23.7 Å². The molecule has 0 fully saturated rings. The molecule has 0 amide bonds. The van der Waals surface area contributed by atoms with Gasteiger partial charge in [-0.2, -0.15) is 0 Å². The fourth-order valence-corrected chi connectivity index (χ4v) is 6.77. The first-order valence-corrected chi connectivity index (χ1v) is 17.0. The van der Waals surface area contributed by atoms with Gasteiger partial charge in [-0.1, -0.05) is 41.1 Å². The quantitative estimate of drug-likeness (QED) is 0.0905. The van der Waals surface area contributed by atoms with E-state index in [1.54, 1.807) is 62.4 Å². The number of ether oxygens (including phenoxy) is 5. The number of methoxy groups -OCH3 is 1. The highest BCUT2D eigenvalue weighted by molar-refractivity contribution is 7.07. The van der Waals surface area contributed by atoms with Crippen LogP contribution in [-0.2, 0) is 16.1 Å². The second kappa shape index (κ2) is 15.6. The van der Waals surface area contributed by atoms with Gasteiger partial charge in [0.25, 0.3) is 11.2 Å². The molecular weight excluding hydrogens is 686 g/mol. The Kier molecular flexibility index (Phi) is 11.3. The maximum absolute atomic E-state index is 14.2. The first-order valence-electron chi connectivity index (χ1n) is 15.8. The van der Waals surface area contributed by atoms with Crippen LogP contribution in [0.1, 0.15) is 57.4 Å². The molecule has 0 unspecified atom stereocenters. The number of carbonyl (C=O) groups excluding carboxylic acids is 1. The Hall–Kier alpha value is -5.14. The average molecular weight is 722 g/mol. The van der Waals surface area contributed by atoms with E-state index in [0.29, 0.717) is 55.6 Å². The molecule has 0 N–H and O–H groups in total. The van der Waals surface area contributed by atoms with E-state index < -0.39 is 16.9 Å². The van der Waals surface area contributed by atoms with E-state index in [0.717, 1.165) is 11.3 Å². The van der Waals surface area contributed by atoms with Crippen LogP contribution in [0.4, 0.5) is 5.69 Å². The Bertz CT molecular complexity index is 2160. The molecule has 0 bridgehead atoms. The fraction of sp³-hybridized carbons (Fsp3) is 0.306. The van der Waals surface area contributed by atoms with E-state index >= 15 is 0 Å². The summed E-state index contributed by atoms with van der Waals surface area (Å²) in [5, 5.41) is 11.4. The van der Waals surface area contributed by atoms with Gasteiger partial charge in [0, 0.05) is 12.1 Å². The van der Waals surface area contributed by atoms with Gasteiger partial charge in [-0.15, -0.1) is 0 Å². The van der Waals surface area contributed by atoms with Crippen LogP contribution in [0.2, 0.25) is 5.02 Å². The number of esters is 1. The van der Waals surface area contributed by atoms with Crippen molar-refractivity contribution in [1.82, 2.24) is 4.57 Å². The molecule has 1 aliphatic heterocycles. The zero-order valence-electron chi connectivity index (χ0n) is 28.4. The number of aromatic nitrogens is 1. The van der Waals surface area contributed by atoms with E-state index in [2.05, 4.69) is 4.99 Å². The van der Waals surface area contributed by atoms with Crippen molar-refractivity contribution >= 4 is 40.7 Å². The minimum atomic E-state index is -0.860. The van der Waals surface area contributed by atoms with Crippen LogP contribution in [0.5, 0.6) is 23.0 Å². The zero-order chi connectivity index (χ0) is 36.1. The number of carbonyl (C=O) groups is 1. The molecule has 0 saturated heterocycles. The Morgan fingerprint density at radius 3 is 2.54 bits per heavy atom. The highest BCUT2D eigenvalue weighted by Crippen LogP contribution is 2.39. The molecule has 0 spiro atoms. The number of rotatable bonds is 13. The van der Waals surface area contributed by atoms with Crippen molar-refractivity contribution < 1.29 is 33.4 Å². The lowest BCUT2D eigenvalue weighted by Crippen LogP contribution is -2.40. The molecular formula is C36H36ClN3O9S. The monoisotopic (exact) mass is 721 g/mol. The third kappa shape index (κ3) is 7.68. The van der Waals surface area contributed by atoms with Crippen molar-refractivity contribution in [2.45, 2.75) is 53.4 Å². The molecule has 5 rings (SSSR count). The van der Waals surface area contributed by atoms with Crippen molar-refractivity contribution in [1.29, 1.82) is 0 Å². The number of nitrogens with zero attached hydrogens (tertiary/aromatic N) is 3. The van der Waals surface area contributed by atoms with Gasteiger partial charge in [-0.05, 0) is 81.7 Å². The average Bonchev–Trinajstić information content (AvgIpc) is 3.37. The predicted molar refractivity (Wildman–Crippen MR) is 189 cm³/mol. The van der Waals surface area contributed by atoms with E-state index in [-0.39, 0.29) is 46.9 Å². The van der Waals surface area contributed by atoms with Crippen LogP contribution in [0.3, 0.4) is 0 Å². The van der Waals surface area contributed by atoms with Gasteiger partial charge in [0.2, 0.25) is 0 Å². The van der Waals surface area contributed by atoms with Crippen LogP contribution in [0, 0.1) is 10.1 Å². The van der Waals surface area contributed by atoms with Crippen molar-refractivity contribution in [2.75, 3.05) is 20.3 Å². The molecule has 1 atom stereocenters. The van der Waals surface area contributed by atoms with E-state index in [9.17, 15) is 19.7 Å². The molecule has 12 nitrogen and oxygen atoms in total. The minimum Gasteiger partial charge on any atom is -0.493 e. The standard InChI is InChI=1S/C36H36ClN3O9S/c1-7-46-29-16-23(15-26(37)33(29)48-19-22-10-9-11-25(14-22)40(43)44)17-30-34(41)39-32(24-12-13-27(49-20(3)4)28(18-24)45-6)31(35(42)47-8-2)21(5)38-36(39)50-30/h9-18,20,32H,7-8,19H2,1-6H3/b30-17-/t32-/m0/s1. The highest BCUT2D eigenvalue weighted by atomic mass is 35.5. The van der Waals surface area contributed by atoms with Crippen LogP contribution < -0.4 is 33.8 Å². The Labute approximate surface area is 297 Å². The van der Waals surface area contributed by atoms with E-state index in [1.165, 1.54) is 23.8 Å². The van der Waals surface area contributed by atoms with Gasteiger partial charge in [-0.3, -0.25) is 19.5 Å². The van der Waals surface area contributed by atoms with Crippen molar-refractivity contribution in [3.05, 3.63) is 117 Å². The molecule has 3 aromatic carbocycles. The maximum atomic E-state index is 14.2. The summed E-state index contributed by atoms with van der Waals surface area (Å²) in [6, 6.07) is 13.9. The molecule has 1 aromatic heterocycles. The number of nitro groups is 1. The minimum absolute atomic E-state index is 0.0108. The lowest BCUT2D eigenvalue weighted by atomic mass is 9.95. The smallest absolute Gasteiger partial charge is 0.338 e. The Morgan fingerprint density at radius 1 is 1.08 bits per heavy atom. The van der Waals surface area contributed by atoms with E-state index in [4.69, 9.17) is 35.3 Å². The lowest BCUT2D eigenvalue weighted by molar-refractivity contribution is -0.384. The summed E-state index contributed by atoms with van der Waals surface area (Å²) >= 11 is 7.86. The highest BCUT2D eigenvalue weighted by Gasteiger charge is 2.34. The summed E-state index contributed by atoms with van der Waals surface area (Å²) in [6.07, 6.45) is 1.57. The molecule has 0 saturated carbocycles. The summed E-state index contributed by atoms with van der Waals surface area (Å²) < 4.78 is 30.6. The zero-order valence-corrected chi connectivity index (χ0v) is 29.9. The van der Waals surface area contributed by atoms with Gasteiger partial charge in [0.05, 0.1) is 58.2 Å². The van der Waals surface area contributed by atoms with Crippen LogP contribution >= 0.6 is 22.9 Å². The van der Waals surface area contributed by atoms with Crippen molar-refractivity contribution in [2.24, 2.45) is 4.99 Å². The number of hydrogen-bond acceptors (Lipinski definition) is 11. The molecule has 0 radical (unpaired) electrons. The van der Waals surface area contributed by atoms with Crippen LogP contribution in [0.25, 0.3) is 6.08 Å². The first-order chi connectivity index (χ1) is 23.9. The summed E-state index contributed by atoms with van der Waals surface area (Å²) in [5.41, 5.74) is 1.97. The van der Waals surface area contributed by atoms with Gasteiger partial charge >= 0.3 is 5.97 Å². The molecule has 1 aliphatic rings. The first kappa shape index (κ1) is 36.1. The summed E-state index contributed by atoms with van der Waals surface area (Å²) in [7, 11) is 1.52. The second-order valence-corrected chi connectivity index (χ2v) is 12.8. The van der Waals surface area contributed by atoms with Gasteiger partial charge in [0.15, 0.2) is 27.8 Å². The molecule has 2 heterocycles. The third-order valence-electron chi connectivity index (χ3n) is 7.52. The number of nitro benzene ring substituents is 1. The molecule has 0 aliphatic carbocycles. The molecule has 50 heavy (non-hydrogen) atoms. The second-order valence-electron chi connectivity index (χ2n) is 11.4. The number of fused-ring (bicyclic) bond motifs is 1. The summed E-state index contributed by atoms with van der Waals surface area (Å²) in [4.78, 5) is 43.3.